The Bertz CT molecular complexity index is 473. The van der Waals surface area contributed by atoms with Crippen molar-refractivity contribution >= 4 is 23.6 Å². The fourth-order valence-corrected chi connectivity index (χ4v) is 2.34. The van der Waals surface area contributed by atoms with E-state index >= 15 is 0 Å². The second-order valence-corrected chi connectivity index (χ2v) is 5.63. The van der Waals surface area contributed by atoms with Gasteiger partial charge in [-0.05, 0) is 38.3 Å². The predicted octanol–water partition coefficient (Wildman–Crippen LogP) is 1.21. The molecule has 0 bridgehead atoms. The molecule has 0 aliphatic rings. The molecule has 7 heteroatoms. The highest BCUT2D eigenvalue weighted by molar-refractivity contribution is 7.98. The number of thioether (sulfide) groups is 1. The van der Waals surface area contributed by atoms with Crippen molar-refractivity contribution in [1.82, 2.24) is 15.1 Å². The number of aliphatic carboxylic acids is 1. The van der Waals surface area contributed by atoms with Crippen LogP contribution in [0, 0.1) is 13.8 Å². The molecule has 20 heavy (non-hydrogen) atoms. The molecule has 1 amide bonds. The summed E-state index contributed by atoms with van der Waals surface area (Å²) in [7, 11) is 0. The van der Waals surface area contributed by atoms with E-state index in [4.69, 9.17) is 5.11 Å². The van der Waals surface area contributed by atoms with Crippen molar-refractivity contribution in [2.24, 2.45) is 0 Å². The second kappa shape index (κ2) is 7.94. The number of carbonyl (C=O) groups is 2. The molecule has 0 radical (unpaired) electrons. The molecule has 0 fully saturated rings. The van der Waals surface area contributed by atoms with Crippen LogP contribution in [0.15, 0.2) is 6.07 Å². The van der Waals surface area contributed by atoms with E-state index in [1.165, 1.54) is 0 Å². The fourth-order valence-electron chi connectivity index (χ4n) is 1.87. The van der Waals surface area contributed by atoms with Gasteiger partial charge < -0.3 is 10.4 Å². The number of carbonyl (C=O) groups excluding carboxylic acids is 1. The van der Waals surface area contributed by atoms with Crippen molar-refractivity contribution < 1.29 is 14.7 Å². The van der Waals surface area contributed by atoms with Gasteiger partial charge in [0.15, 0.2) is 0 Å². The minimum Gasteiger partial charge on any atom is -0.480 e. The van der Waals surface area contributed by atoms with Gasteiger partial charge >= 0.3 is 5.97 Å². The number of nitrogens with one attached hydrogen (secondary N) is 1. The SMILES string of the molecule is CSCC[C@H](NC(=O)CCn1nc(C)cc1C)C(=O)O. The van der Waals surface area contributed by atoms with Crippen LogP contribution in [0.5, 0.6) is 0 Å². The maximum absolute atomic E-state index is 11.8. The van der Waals surface area contributed by atoms with Crippen molar-refractivity contribution in [3.8, 4) is 0 Å². The summed E-state index contributed by atoms with van der Waals surface area (Å²) < 4.78 is 1.76. The first-order chi connectivity index (χ1) is 9.43. The summed E-state index contributed by atoms with van der Waals surface area (Å²) in [6.45, 7) is 4.28. The van der Waals surface area contributed by atoms with E-state index in [0.29, 0.717) is 18.7 Å². The highest BCUT2D eigenvalue weighted by atomic mass is 32.2. The lowest BCUT2D eigenvalue weighted by atomic mass is 10.2. The molecule has 0 aromatic carbocycles. The summed E-state index contributed by atoms with van der Waals surface area (Å²) in [5, 5.41) is 15.9. The topological polar surface area (TPSA) is 84.2 Å². The standard InChI is InChI=1S/C13H21N3O3S/c1-9-8-10(2)16(15-9)6-4-12(17)14-11(13(18)19)5-7-20-3/h8,11H,4-7H2,1-3H3,(H,14,17)(H,18,19)/t11-/m0/s1. The average molecular weight is 299 g/mol. The molecule has 0 spiro atoms. The third-order valence-corrected chi connectivity index (χ3v) is 3.54. The molecule has 1 atom stereocenters. The Hall–Kier alpha value is -1.50. The maximum atomic E-state index is 11.8. The lowest BCUT2D eigenvalue weighted by Crippen LogP contribution is -2.41. The van der Waals surface area contributed by atoms with E-state index in [0.717, 1.165) is 11.4 Å². The lowest BCUT2D eigenvalue weighted by Gasteiger charge is -2.14. The Kier molecular flexibility index (Phi) is 6.57. The molecule has 1 heterocycles. The molecule has 0 aliphatic heterocycles. The maximum Gasteiger partial charge on any atom is 0.326 e. The number of rotatable bonds is 8. The van der Waals surface area contributed by atoms with Crippen LogP contribution in [-0.4, -0.2) is 44.8 Å². The predicted molar refractivity (Wildman–Crippen MR) is 78.9 cm³/mol. The van der Waals surface area contributed by atoms with E-state index in [1.807, 2.05) is 26.2 Å². The van der Waals surface area contributed by atoms with E-state index in [1.54, 1.807) is 16.4 Å². The van der Waals surface area contributed by atoms with Gasteiger partial charge in [0, 0.05) is 18.7 Å². The van der Waals surface area contributed by atoms with Crippen molar-refractivity contribution in [3.05, 3.63) is 17.5 Å². The smallest absolute Gasteiger partial charge is 0.326 e. The fraction of sp³-hybridized carbons (Fsp3) is 0.615. The number of amides is 1. The third-order valence-electron chi connectivity index (χ3n) is 2.90. The normalized spacial score (nSPS) is 12.2. The molecule has 6 nitrogen and oxygen atoms in total. The van der Waals surface area contributed by atoms with Gasteiger partial charge in [-0.1, -0.05) is 0 Å². The number of nitrogens with zero attached hydrogens (tertiary/aromatic N) is 2. The summed E-state index contributed by atoms with van der Waals surface area (Å²) >= 11 is 1.56. The van der Waals surface area contributed by atoms with Gasteiger partial charge in [0.2, 0.25) is 5.91 Å². The number of aromatic nitrogens is 2. The van der Waals surface area contributed by atoms with Gasteiger partial charge in [-0.25, -0.2) is 4.79 Å². The molecule has 0 saturated heterocycles. The second-order valence-electron chi connectivity index (χ2n) is 4.64. The largest absolute Gasteiger partial charge is 0.480 e. The number of carboxylic acids is 1. The summed E-state index contributed by atoms with van der Waals surface area (Å²) in [6.07, 6.45) is 2.57. The first kappa shape index (κ1) is 16.6. The number of aryl methyl sites for hydroxylation is 3. The first-order valence-corrected chi connectivity index (χ1v) is 7.85. The van der Waals surface area contributed by atoms with Gasteiger partial charge in [0.25, 0.3) is 0 Å². The van der Waals surface area contributed by atoms with Gasteiger partial charge in [-0.15, -0.1) is 0 Å². The van der Waals surface area contributed by atoms with Crippen LogP contribution in [0.3, 0.4) is 0 Å². The van der Waals surface area contributed by atoms with Crippen molar-refractivity contribution in [1.29, 1.82) is 0 Å². The minimum atomic E-state index is -0.987. The van der Waals surface area contributed by atoms with E-state index in [-0.39, 0.29) is 12.3 Å². The van der Waals surface area contributed by atoms with Crippen LogP contribution in [0.4, 0.5) is 0 Å². The Morgan fingerprint density at radius 2 is 2.20 bits per heavy atom. The monoisotopic (exact) mass is 299 g/mol. The third kappa shape index (κ3) is 5.24. The molecule has 112 valence electrons. The number of hydrogen-bond acceptors (Lipinski definition) is 4. The summed E-state index contributed by atoms with van der Waals surface area (Å²) in [5.41, 5.74) is 1.90. The zero-order chi connectivity index (χ0) is 15.1. The first-order valence-electron chi connectivity index (χ1n) is 6.46. The van der Waals surface area contributed by atoms with Gasteiger partial charge in [-0.3, -0.25) is 9.48 Å². The van der Waals surface area contributed by atoms with E-state index in [2.05, 4.69) is 10.4 Å². The Morgan fingerprint density at radius 1 is 1.50 bits per heavy atom. The molecule has 0 saturated carbocycles. The van der Waals surface area contributed by atoms with Crippen LogP contribution in [-0.2, 0) is 16.1 Å². The van der Waals surface area contributed by atoms with E-state index < -0.39 is 12.0 Å². The molecular formula is C13H21N3O3S. The van der Waals surface area contributed by atoms with E-state index in [9.17, 15) is 9.59 Å². The molecule has 0 unspecified atom stereocenters. The zero-order valence-electron chi connectivity index (χ0n) is 12.0. The molecule has 1 aromatic heterocycles. The van der Waals surface area contributed by atoms with Crippen LogP contribution < -0.4 is 5.32 Å². The summed E-state index contributed by atoms with van der Waals surface area (Å²) in [4.78, 5) is 22.8. The molecule has 0 aliphatic carbocycles. The quantitative estimate of drug-likeness (QED) is 0.754. The van der Waals surface area contributed by atoms with Crippen LogP contribution in [0.2, 0.25) is 0 Å². The highest BCUT2D eigenvalue weighted by Crippen LogP contribution is 2.04. The highest BCUT2D eigenvalue weighted by Gasteiger charge is 2.19. The Morgan fingerprint density at radius 3 is 2.70 bits per heavy atom. The Labute approximate surface area is 122 Å². The van der Waals surface area contributed by atoms with Gasteiger partial charge in [0.1, 0.15) is 6.04 Å². The minimum absolute atomic E-state index is 0.227. The van der Waals surface area contributed by atoms with Crippen LogP contribution in [0.25, 0.3) is 0 Å². The molecule has 1 aromatic rings. The van der Waals surface area contributed by atoms with Crippen molar-refractivity contribution in [2.75, 3.05) is 12.0 Å². The van der Waals surface area contributed by atoms with Gasteiger partial charge in [0.05, 0.1) is 5.69 Å². The molecule has 1 rings (SSSR count). The number of hydrogen-bond donors (Lipinski definition) is 2. The summed E-state index contributed by atoms with van der Waals surface area (Å²) in [5.74, 6) is -0.543. The summed E-state index contributed by atoms with van der Waals surface area (Å²) in [6, 6.07) is 1.13. The van der Waals surface area contributed by atoms with Gasteiger partial charge in [-0.2, -0.15) is 16.9 Å². The zero-order valence-corrected chi connectivity index (χ0v) is 12.9. The average Bonchev–Trinajstić information content (AvgIpc) is 2.70. The Balaban J connectivity index is 2.45. The molecular weight excluding hydrogens is 278 g/mol. The van der Waals surface area contributed by atoms with Crippen LogP contribution >= 0.6 is 11.8 Å². The lowest BCUT2D eigenvalue weighted by molar-refractivity contribution is -0.141. The van der Waals surface area contributed by atoms with Crippen molar-refractivity contribution in [2.45, 2.75) is 39.3 Å². The molecule has 2 N–H and O–H groups in total. The van der Waals surface area contributed by atoms with Crippen molar-refractivity contribution in [3.63, 3.8) is 0 Å². The number of carboxylic acid groups (broad SMARTS) is 1. The van der Waals surface area contributed by atoms with Crippen LogP contribution in [0.1, 0.15) is 24.2 Å².